The number of anilines is 1. The van der Waals surface area contributed by atoms with Crippen LogP contribution in [0.15, 0.2) is 24.3 Å². The Morgan fingerprint density at radius 2 is 2.32 bits per heavy atom. The third kappa shape index (κ3) is 2.78. The van der Waals surface area contributed by atoms with Crippen LogP contribution in [0.1, 0.15) is 25.8 Å². The minimum absolute atomic E-state index is 0.0588. The molecule has 0 saturated heterocycles. The molecule has 4 heteroatoms. The lowest BCUT2D eigenvalue weighted by Gasteiger charge is -2.21. The zero-order valence-electron chi connectivity index (χ0n) is 11.8. The second-order valence-electron chi connectivity index (χ2n) is 5.14. The molecule has 0 aliphatic carbocycles. The number of fused-ring (bicyclic) bond motifs is 1. The first-order valence-corrected chi connectivity index (χ1v) is 6.52. The molecular weight excluding hydrogens is 240 g/mol. The molecule has 102 valence electrons. The van der Waals surface area contributed by atoms with E-state index in [1.165, 1.54) is 0 Å². The highest BCUT2D eigenvalue weighted by molar-refractivity contribution is 5.96. The lowest BCUT2D eigenvalue weighted by atomic mass is 10.0. The third-order valence-electron chi connectivity index (χ3n) is 3.34. The number of hydrogen-bond acceptors (Lipinski definition) is 3. The number of ether oxygens (including phenoxy) is 1. The van der Waals surface area contributed by atoms with Crippen LogP contribution in [0.25, 0.3) is 0 Å². The summed E-state index contributed by atoms with van der Waals surface area (Å²) in [4.78, 5) is 18.6. The summed E-state index contributed by atoms with van der Waals surface area (Å²) in [6.07, 6.45) is 1.58. The molecule has 0 N–H and O–H groups in total. The van der Waals surface area contributed by atoms with E-state index in [-0.39, 0.29) is 11.8 Å². The quantitative estimate of drug-likeness (QED) is 0.781. The Kier molecular flexibility index (Phi) is 3.88. The van der Waals surface area contributed by atoms with Crippen molar-refractivity contribution in [2.75, 3.05) is 18.6 Å². The predicted octanol–water partition coefficient (Wildman–Crippen LogP) is 2.58. The molecule has 1 unspecified atom stereocenters. The normalized spacial score (nSPS) is 15.0. The molecule has 2 heterocycles. The monoisotopic (exact) mass is 260 g/mol. The van der Waals surface area contributed by atoms with Crippen LogP contribution in [0.3, 0.4) is 0 Å². The number of rotatable bonds is 4. The van der Waals surface area contributed by atoms with Crippen LogP contribution in [0.4, 0.5) is 5.82 Å². The zero-order chi connectivity index (χ0) is 14.0. The van der Waals surface area contributed by atoms with Gasteiger partial charge in [-0.15, -0.1) is 6.58 Å². The van der Waals surface area contributed by atoms with Crippen LogP contribution in [0.5, 0.6) is 5.88 Å². The number of amides is 1. The van der Waals surface area contributed by atoms with Gasteiger partial charge in [-0.2, -0.15) is 4.98 Å². The van der Waals surface area contributed by atoms with Gasteiger partial charge >= 0.3 is 0 Å². The molecule has 4 nitrogen and oxygen atoms in total. The first-order chi connectivity index (χ1) is 9.02. The zero-order valence-corrected chi connectivity index (χ0v) is 11.8. The van der Waals surface area contributed by atoms with E-state index in [0.717, 1.165) is 23.4 Å². The number of allylic oxidation sites excluding steroid dienone is 1. The fourth-order valence-corrected chi connectivity index (χ4v) is 2.43. The Hall–Kier alpha value is -1.84. The summed E-state index contributed by atoms with van der Waals surface area (Å²) in [6.45, 7) is 8.46. The minimum atomic E-state index is -0.0588. The van der Waals surface area contributed by atoms with Gasteiger partial charge in [-0.1, -0.05) is 12.5 Å². The Balaban J connectivity index is 2.21. The molecule has 0 spiro atoms. The van der Waals surface area contributed by atoms with Crippen molar-refractivity contribution in [2.45, 2.75) is 26.7 Å². The van der Waals surface area contributed by atoms with Gasteiger partial charge in [0.15, 0.2) is 0 Å². The number of carbonyl (C=O) groups excluding carboxylic acids is 1. The summed E-state index contributed by atoms with van der Waals surface area (Å²) in [6, 6.07) is 3.82. The largest absolute Gasteiger partial charge is 0.481 e. The second kappa shape index (κ2) is 5.43. The van der Waals surface area contributed by atoms with Crippen molar-refractivity contribution in [2.24, 2.45) is 5.92 Å². The SMILES string of the molecule is C=C(C)CC(C)C(=O)N1CCc2ccc(OC)nc21. The first kappa shape index (κ1) is 13.6. The maximum atomic E-state index is 12.4. The van der Waals surface area contributed by atoms with E-state index in [4.69, 9.17) is 4.74 Å². The van der Waals surface area contributed by atoms with Crippen LogP contribution in [0.2, 0.25) is 0 Å². The van der Waals surface area contributed by atoms with E-state index in [9.17, 15) is 4.79 Å². The number of nitrogens with zero attached hydrogens (tertiary/aromatic N) is 2. The third-order valence-corrected chi connectivity index (χ3v) is 3.34. The van der Waals surface area contributed by atoms with Crippen molar-refractivity contribution < 1.29 is 9.53 Å². The van der Waals surface area contributed by atoms with E-state index >= 15 is 0 Å². The molecule has 1 aliphatic heterocycles. The van der Waals surface area contributed by atoms with Crippen molar-refractivity contribution in [1.29, 1.82) is 0 Å². The molecule has 1 amide bonds. The van der Waals surface area contributed by atoms with Crippen molar-refractivity contribution in [3.63, 3.8) is 0 Å². The predicted molar refractivity (Wildman–Crippen MR) is 75.4 cm³/mol. The van der Waals surface area contributed by atoms with E-state index in [0.29, 0.717) is 18.8 Å². The lowest BCUT2D eigenvalue weighted by Crippen LogP contribution is -2.34. The van der Waals surface area contributed by atoms with Gasteiger partial charge < -0.3 is 4.74 Å². The molecule has 0 aromatic carbocycles. The highest BCUT2D eigenvalue weighted by atomic mass is 16.5. The van der Waals surface area contributed by atoms with Gasteiger partial charge in [-0.3, -0.25) is 9.69 Å². The molecule has 0 fully saturated rings. The number of hydrogen-bond donors (Lipinski definition) is 0. The van der Waals surface area contributed by atoms with Gasteiger partial charge in [0.2, 0.25) is 11.8 Å². The summed E-state index contributed by atoms with van der Waals surface area (Å²) in [5, 5.41) is 0. The van der Waals surface area contributed by atoms with Crippen molar-refractivity contribution in [3.05, 3.63) is 29.8 Å². The number of methoxy groups -OCH3 is 1. The van der Waals surface area contributed by atoms with E-state index in [1.807, 2.05) is 26.0 Å². The summed E-state index contributed by atoms with van der Waals surface area (Å²) < 4.78 is 5.13. The van der Waals surface area contributed by atoms with Gasteiger partial charge in [0.1, 0.15) is 5.82 Å². The van der Waals surface area contributed by atoms with E-state index < -0.39 is 0 Å². The summed E-state index contributed by atoms with van der Waals surface area (Å²) in [5.41, 5.74) is 2.13. The highest BCUT2D eigenvalue weighted by Crippen LogP contribution is 2.30. The molecule has 0 radical (unpaired) electrons. The van der Waals surface area contributed by atoms with Crippen LogP contribution in [-0.2, 0) is 11.2 Å². The Morgan fingerprint density at radius 3 is 2.95 bits per heavy atom. The Morgan fingerprint density at radius 1 is 1.58 bits per heavy atom. The molecular formula is C15H20N2O2. The van der Waals surface area contributed by atoms with Gasteiger partial charge in [-0.05, 0) is 31.4 Å². The standard InChI is InChI=1S/C15H20N2O2/c1-10(2)9-11(3)15(18)17-8-7-12-5-6-13(19-4)16-14(12)17/h5-6,11H,1,7-9H2,2-4H3. The molecule has 0 bridgehead atoms. The van der Waals surface area contributed by atoms with Gasteiger partial charge in [0, 0.05) is 18.5 Å². The molecule has 0 saturated carbocycles. The van der Waals surface area contributed by atoms with Crippen LogP contribution in [0, 0.1) is 5.92 Å². The topological polar surface area (TPSA) is 42.4 Å². The van der Waals surface area contributed by atoms with E-state index in [1.54, 1.807) is 12.0 Å². The number of carbonyl (C=O) groups is 1. The number of pyridine rings is 1. The summed E-state index contributed by atoms with van der Waals surface area (Å²) in [7, 11) is 1.58. The minimum Gasteiger partial charge on any atom is -0.481 e. The molecule has 1 aromatic heterocycles. The molecule has 2 rings (SSSR count). The highest BCUT2D eigenvalue weighted by Gasteiger charge is 2.29. The van der Waals surface area contributed by atoms with Gasteiger partial charge in [0.25, 0.3) is 0 Å². The average Bonchev–Trinajstić information content (AvgIpc) is 2.79. The maximum Gasteiger partial charge on any atom is 0.231 e. The van der Waals surface area contributed by atoms with E-state index in [2.05, 4.69) is 11.6 Å². The summed E-state index contributed by atoms with van der Waals surface area (Å²) in [5.74, 6) is 1.35. The molecule has 1 aromatic rings. The smallest absolute Gasteiger partial charge is 0.231 e. The fourth-order valence-electron chi connectivity index (χ4n) is 2.43. The van der Waals surface area contributed by atoms with Crippen molar-refractivity contribution >= 4 is 11.7 Å². The molecule has 19 heavy (non-hydrogen) atoms. The van der Waals surface area contributed by atoms with Crippen LogP contribution >= 0.6 is 0 Å². The number of aromatic nitrogens is 1. The maximum absolute atomic E-state index is 12.4. The second-order valence-corrected chi connectivity index (χ2v) is 5.14. The van der Waals surface area contributed by atoms with Gasteiger partial charge in [-0.25, -0.2) is 0 Å². The molecule has 1 aliphatic rings. The fraction of sp³-hybridized carbons (Fsp3) is 0.467. The van der Waals surface area contributed by atoms with Crippen molar-refractivity contribution in [3.8, 4) is 5.88 Å². The molecule has 1 atom stereocenters. The van der Waals surface area contributed by atoms with Crippen LogP contribution < -0.4 is 9.64 Å². The Labute approximate surface area is 114 Å². The van der Waals surface area contributed by atoms with Crippen molar-refractivity contribution in [1.82, 2.24) is 4.98 Å². The van der Waals surface area contributed by atoms with Gasteiger partial charge in [0.05, 0.1) is 7.11 Å². The summed E-state index contributed by atoms with van der Waals surface area (Å²) >= 11 is 0. The lowest BCUT2D eigenvalue weighted by molar-refractivity contribution is -0.121. The Bertz CT molecular complexity index is 511. The first-order valence-electron chi connectivity index (χ1n) is 6.52. The average molecular weight is 260 g/mol. The van der Waals surface area contributed by atoms with Crippen LogP contribution in [-0.4, -0.2) is 24.5 Å².